The molecule has 107 heavy (non-hydrogen) atoms. The molecule has 17 nitrogen and oxygen atoms in total. The predicted molar refractivity (Wildman–Crippen MR) is 442 cm³/mol. The topological polar surface area (TPSA) is 237 Å². The van der Waals surface area contributed by atoms with E-state index in [2.05, 4.69) is 34.6 Å². The van der Waals surface area contributed by atoms with Gasteiger partial charge in [0.2, 0.25) is 0 Å². The maximum atomic E-state index is 13.2. The van der Waals surface area contributed by atoms with Crippen LogP contribution in [0.4, 0.5) is 0 Å². The zero-order valence-electron chi connectivity index (χ0n) is 70.3. The molecule has 0 aromatic carbocycles. The van der Waals surface area contributed by atoms with Crippen LogP contribution >= 0.6 is 15.6 Å². The van der Waals surface area contributed by atoms with Gasteiger partial charge in [-0.15, -0.1) is 0 Å². The number of carbonyl (C=O) groups is 4. The molecule has 0 aromatic heterocycles. The van der Waals surface area contributed by atoms with E-state index < -0.39 is 97.5 Å². The van der Waals surface area contributed by atoms with Crippen molar-refractivity contribution in [1.82, 2.24) is 0 Å². The van der Waals surface area contributed by atoms with Crippen LogP contribution in [0.25, 0.3) is 0 Å². The smallest absolute Gasteiger partial charge is 0.462 e. The van der Waals surface area contributed by atoms with Gasteiger partial charge < -0.3 is 33.8 Å². The Bertz CT molecular complexity index is 2030. The molecular formula is C88H172O17P2. The summed E-state index contributed by atoms with van der Waals surface area (Å²) in [5, 5.41) is 10.7. The van der Waals surface area contributed by atoms with Gasteiger partial charge >= 0.3 is 39.5 Å². The van der Waals surface area contributed by atoms with Crippen molar-refractivity contribution in [2.75, 3.05) is 39.6 Å². The number of phosphoric acid groups is 2. The first kappa shape index (κ1) is 105. The van der Waals surface area contributed by atoms with Crippen LogP contribution in [0, 0.1) is 5.92 Å². The van der Waals surface area contributed by atoms with E-state index in [1.165, 1.54) is 302 Å². The van der Waals surface area contributed by atoms with E-state index >= 15 is 0 Å². The lowest BCUT2D eigenvalue weighted by Crippen LogP contribution is -2.30. The fourth-order valence-corrected chi connectivity index (χ4v) is 15.4. The number of aliphatic hydroxyl groups excluding tert-OH is 1. The molecule has 636 valence electrons. The third-order valence-electron chi connectivity index (χ3n) is 20.8. The Labute approximate surface area is 658 Å². The second-order valence-electron chi connectivity index (χ2n) is 32.1. The highest BCUT2D eigenvalue weighted by Gasteiger charge is 2.30. The van der Waals surface area contributed by atoms with E-state index in [-0.39, 0.29) is 25.7 Å². The molecule has 0 heterocycles. The van der Waals surface area contributed by atoms with Crippen molar-refractivity contribution in [1.29, 1.82) is 0 Å². The minimum Gasteiger partial charge on any atom is -0.462 e. The van der Waals surface area contributed by atoms with E-state index in [0.29, 0.717) is 25.7 Å². The third-order valence-corrected chi connectivity index (χ3v) is 22.7. The average Bonchev–Trinajstić information content (AvgIpc) is 0.903. The lowest BCUT2D eigenvalue weighted by atomic mass is 10.0. The van der Waals surface area contributed by atoms with E-state index in [0.717, 1.165) is 95.8 Å². The molecule has 2 unspecified atom stereocenters. The largest absolute Gasteiger partial charge is 0.472 e. The van der Waals surface area contributed by atoms with Crippen LogP contribution in [0.1, 0.15) is 478 Å². The maximum Gasteiger partial charge on any atom is 0.472 e. The van der Waals surface area contributed by atoms with Crippen molar-refractivity contribution in [3.05, 3.63) is 0 Å². The summed E-state index contributed by atoms with van der Waals surface area (Å²) in [6, 6.07) is 0. The first-order valence-corrected chi connectivity index (χ1v) is 48.6. The van der Waals surface area contributed by atoms with Crippen molar-refractivity contribution < 1.29 is 80.2 Å². The number of esters is 4. The Morgan fingerprint density at radius 3 is 0.636 bits per heavy atom. The number of hydrogen-bond acceptors (Lipinski definition) is 15. The molecule has 0 radical (unpaired) electrons. The van der Waals surface area contributed by atoms with Crippen molar-refractivity contribution in [3.8, 4) is 0 Å². The van der Waals surface area contributed by atoms with Crippen LogP contribution in [0.3, 0.4) is 0 Å². The fourth-order valence-electron chi connectivity index (χ4n) is 13.8. The summed E-state index contributed by atoms with van der Waals surface area (Å²) in [7, 11) is -9.93. The molecule has 0 saturated carbocycles. The van der Waals surface area contributed by atoms with Gasteiger partial charge in [0.25, 0.3) is 0 Å². The standard InChI is InChI=1S/C88H172O17P2/c1-6-9-12-15-18-21-24-27-29-31-33-34-36-38-40-42-48-53-58-63-68-73-87(92)104-84(78-99-86(91)72-67-62-57-52-47-41-39-37-35-32-30-28-25-22-19-16-13-10-7-2)80-103-107(96,97)101-76-82(89)75-100-106(94,95)102-79-83(77-98-85(90)71-66-61-56-51-46-26-23-20-17-14-11-8-3)105-88(93)74-69-64-59-54-49-44-43-45-50-55-60-65-70-81(4)5/h81-84,89H,6-80H2,1-5H3,(H,94,95)(H,96,97)/t82-,83+,84+/m0/s1. The number of phosphoric ester groups is 2. The molecule has 0 aliphatic heterocycles. The Balaban J connectivity index is 5.24. The van der Waals surface area contributed by atoms with Gasteiger partial charge in [-0.1, -0.05) is 426 Å². The van der Waals surface area contributed by atoms with Crippen LogP contribution in [0.5, 0.6) is 0 Å². The Morgan fingerprint density at radius 1 is 0.252 bits per heavy atom. The molecule has 0 bridgehead atoms. The Morgan fingerprint density at radius 2 is 0.430 bits per heavy atom. The molecule has 0 aliphatic carbocycles. The molecular weight excluding hydrogens is 1390 g/mol. The van der Waals surface area contributed by atoms with Crippen LogP contribution in [0.2, 0.25) is 0 Å². The maximum absolute atomic E-state index is 13.2. The molecule has 3 N–H and O–H groups in total. The number of rotatable bonds is 88. The van der Waals surface area contributed by atoms with Crippen molar-refractivity contribution in [2.45, 2.75) is 496 Å². The van der Waals surface area contributed by atoms with Crippen molar-refractivity contribution in [2.24, 2.45) is 5.92 Å². The summed E-state index contributed by atoms with van der Waals surface area (Å²) >= 11 is 0. The number of hydrogen-bond donors (Lipinski definition) is 3. The van der Waals surface area contributed by atoms with Gasteiger partial charge in [0, 0.05) is 25.7 Å². The van der Waals surface area contributed by atoms with Gasteiger partial charge in [0.05, 0.1) is 26.4 Å². The second-order valence-corrected chi connectivity index (χ2v) is 35.0. The van der Waals surface area contributed by atoms with Crippen LogP contribution < -0.4 is 0 Å². The molecule has 0 aliphatic rings. The van der Waals surface area contributed by atoms with Gasteiger partial charge in [0.1, 0.15) is 19.3 Å². The quantitative estimate of drug-likeness (QED) is 0.0222. The highest BCUT2D eigenvalue weighted by molar-refractivity contribution is 7.47. The van der Waals surface area contributed by atoms with Gasteiger partial charge in [-0.2, -0.15) is 0 Å². The van der Waals surface area contributed by atoms with Crippen LogP contribution in [-0.4, -0.2) is 96.7 Å². The van der Waals surface area contributed by atoms with Gasteiger partial charge in [0.15, 0.2) is 12.2 Å². The second kappa shape index (κ2) is 80.7. The highest BCUT2D eigenvalue weighted by atomic mass is 31.2. The van der Waals surface area contributed by atoms with Crippen molar-refractivity contribution in [3.63, 3.8) is 0 Å². The summed E-state index contributed by atoms with van der Waals surface area (Å²) in [6.45, 7) is 7.39. The van der Waals surface area contributed by atoms with Gasteiger partial charge in [-0.25, -0.2) is 9.13 Å². The van der Waals surface area contributed by atoms with E-state index in [4.69, 9.17) is 37.0 Å². The zero-order valence-corrected chi connectivity index (χ0v) is 72.1. The molecule has 5 atom stereocenters. The van der Waals surface area contributed by atoms with Crippen molar-refractivity contribution >= 4 is 39.5 Å². The summed E-state index contributed by atoms with van der Waals surface area (Å²) in [6.07, 6.45) is 75.0. The fraction of sp³-hybridized carbons (Fsp3) is 0.955. The Kier molecular flexibility index (Phi) is 79.2. The number of unbranched alkanes of at least 4 members (excludes halogenated alkanes) is 60. The molecule has 0 saturated heterocycles. The molecule has 0 aromatic rings. The molecule has 19 heteroatoms. The van der Waals surface area contributed by atoms with Crippen LogP contribution in [0.15, 0.2) is 0 Å². The first-order chi connectivity index (χ1) is 52.0. The van der Waals surface area contributed by atoms with E-state index in [1.54, 1.807) is 0 Å². The SMILES string of the molecule is CCCCCCCCCCCCCCCCCCCCCCCC(=O)O[C@H](COC(=O)CCCCCCCCCCCCCCCCCCCCC)COP(=O)(O)OC[C@@H](O)COP(=O)(O)OC[C@@H](COC(=O)CCCCCCCCCCCCCC)OC(=O)CCCCCCCCCCCCCCC(C)C. The normalized spacial score (nSPS) is 13.7. The molecule has 0 spiro atoms. The van der Waals surface area contributed by atoms with Crippen LogP contribution in [-0.2, 0) is 65.4 Å². The third kappa shape index (κ3) is 81.9. The van der Waals surface area contributed by atoms with E-state index in [9.17, 15) is 43.2 Å². The summed E-state index contributed by atoms with van der Waals surface area (Å²) < 4.78 is 69.0. The number of carbonyl (C=O) groups excluding carboxylic acids is 4. The zero-order chi connectivity index (χ0) is 78.3. The monoisotopic (exact) mass is 1560 g/mol. The minimum absolute atomic E-state index is 0.108. The predicted octanol–water partition coefficient (Wildman–Crippen LogP) is 27.2. The number of ether oxygens (including phenoxy) is 4. The summed E-state index contributed by atoms with van der Waals surface area (Å²) in [5.41, 5.74) is 0. The van der Waals surface area contributed by atoms with E-state index in [1.807, 2.05) is 0 Å². The Hall–Kier alpha value is -1.94. The average molecular weight is 1560 g/mol. The lowest BCUT2D eigenvalue weighted by Gasteiger charge is -2.21. The molecule has 0 rings (SSSR count). The summed E-state index contributed by atoms with van der Waals surface area (Å²) in [5.74, 6) is -1.32. The molecule has 0 amide bonds. The number of aliphatic hydroxyl groups is 1. The minimum atomic E-state index is -4.97. The highest BCUT2D eigenvalue weighted by Crippen LogP contribution is 2.45. The summed E-state index contributed by atoms with van der Waals surface area (Å²) in [4.78, 5) is 73.3. The molecule has 0 fully saturated rings. The lowest BCUT2D eigenvalue weighted by molar-refractivity contribution is -0.161. The van der Waals surface area contributed by atoms with Gasteiger partial charge in [-0.05, 0) is 31.6 Å². The van der Waals surface area contributed by atoms with Gasteiger partial charge in [-0.3, -0.25) is 37.3 Å². The first-order valence-electron chi connectivity index (χ1n) is 45.6.